The number of nitrogens with zero attached hydrogens (tertiary/aromatic N) is 14. The van der Waals surface area contributed by atoms with Crippen LogP contribution in [-0.2, 0) is 39.3 Å². The number of hydrogen-bond acceptors (Lipinski definition) is 14. The molecule has 0 bridgehead atoms. The molecule has 0 saturated carbocycles. The summed E-state index contributed by atoms with van der Waals surface area (Å²) >= 11 is 0. The van der Waals surface area contributed by atoms with E-state index >= 15 is 0 Å². The molecular formula is C76H60F24N14OsP4Ru. The monoisotopic (exact) mass is 2040 g/mol. The standard InChI is InChI=1S/C36H28N6.4C10H8N2.4F6P.Os.Ru/c1-25-11-15-37-33(19-25)35-21-27(13-17-39-35)23-41-31-7-3-29(4-8-31)30-5-9-32(10-6-30)42-24-28-14-18-40-36(22-28)34-20-26(2)12-16-38-34;4*1-3-7-11-9(5-1)10-6-2-4-8-12-10;4*1-7(2,3,4,5)6;;/h3-24H,1-2H3;4*1-8H;;;;;;/q;;;;;4*-1;2*+2. The minimum absolute atomic E-state index is 0. The molecule has 0 N–H and O–H groups in total. The fourth-order valence-electron chi connectivity index (χ4n) is 8.58. The molecule has 0 aliphatic heterocycles. The van der Waals surface area contributed by atoms with Gasteiger partial charge in [-0.15, -0.1) is 0 Å². The van der Waals surface area contributed by atoms with Gasteiger partial charge in [0, 0.05) is 86.8 Å². The molecule has 0 aliphatic rings. The van der Waals surface area contributed by atoms with Crippen molar-refractivity contribution in [2.45, 2.75) is 13.8 Å². The summed E-state index contributed by atoms with van der Waals surface area (Å²) in [5.74, 6) is 0. The van der Waals surface area contributed by atoms with Crippen LogP contribution in [-0.4, -0.2) is 72.2 Å². The van der Waals surface area contributed by atoms with Gasteiger partial charge in [-0.1, -0.05) is 72.8 Å². The van der Waals surface area contributed by atoms with Crippen molar-refractivity contribution in [1.82, 2.24) is 59.8 Å². The molecule has 0 radical (unpaired) electrons. The van der Waals surface area contributed by atoms with Gasteiger partial charge in [-0.05, 0) is 217 Å². The van der Waals surface area contributed by atoms with Gasteiger partial charge in [-0.3, -0.25) is 69.8 Å². The Morgan fingerprint density at radius 3 is 0.542 bits per heavy atom. The van der Waals surface area contributed by atoms with E-state index < -0.39 is 31.2 Å². The maximum absolute atomic E-state index is 10.7. The Bertz CT molecular complexity index is 4800. The third-order valence-corrected chi connectivity index (χ3v) is 13.1. The van der Waals surface area contributed by atoms with Crippen molar-refractivity contribution in [2.75, 3.05) is 0 Å². The second kappa shape index (κ2) is 39.4. The van der Waals surface area contributed by atoms with Crippen LogP contribution in [0.4, 0.5) is 112 Å². The number of aliphatic imine (C=N–C) groups is 2. The third kappa shape index (κ3) is 52.6. The van der Waals surface area contributed by atoms with Crippen LogP contribution in [0, 0.1) is 13.8 Å². The van der Waals surface area contributed by atoms with E-state index in [-0.39, 0.29) is 39.3 Å². The summed E-state index contributed by atoms with van der Waals surface area (Å²) in [6, 6.07) is 78.7. The van der Waals surface area contributed by atoms with E-state index in [0.717, 1.165) is 113 Å². The van der Waals surface area contributed by atoms with Crippen molar-refractivity contribution < 1.29 is 140 Å². The molecule has 0 aliphatic carbocycles. The molecular weight excluding hydrogens is 1980 g/mol. The molecule has 12 aromatic heterocycles. The second-order valence-electron chi connectivity index (χ2n) is 23.5. The molecule has 638 valence electrons. The molecule has 14 aromatic rings. The van der Waals surface area contributed by atoms with Crippen molar-refractivity contribution in [3.05, 3.63) is 339 Å². The zero-order valence-corrected chi connectivity index (χ0v) is 68.9. The van der Waals surface area contributed by atoms with Crippen LogP contribution in [0.15, 0.2) is 327 Å². The first-order chi connectivity index (χ1) is 54.2. The number of aromatic nitrogens is 12. The zero-order valence-electron chi connectivity index (χ0n) is 61.0. The number of pyridine rings is 12. The van der Waals surface area contributed by atoms with E-state index in [4.69, 9.17) is 0 Å². The van der Waals surface area contributed by atoms with Crippen LogP contribution in [0.5, 0.6) is 0 Å². The average molecular weight is 2040 g/mol. The molecule has 0 spiro atoms. The minimum atomic E-state index is -10.7. The Kier molecular flexibility index (Phi) is 33.2. The maximum atomic E-state index is 9.87. The molecule has 0 saturated heterocycles. The van der Waals surface area contributed by atoms with Crippen LogP contribution in [0.1, 0.15) is 22.3 Å². The van der Waals surface area contributed by atoms with Crippen LogP contribution in [0.2, 0.25) is 0 Å². The zero-order chi connectivity index (χ0) is 87.3. The summed E-state index contributed by atoms with van der Waals surface area (Å²) in [7, 11) is -42.6. The van der Waals surface area contributed by atoms with Gasteiger partial charge in [0.1, 0.15) is 0 Å². The van der Waals surface area contributed by atoms with Crippen molar-refractivity contribution in [3.8, 4) is 79.5 Å². The first-order valence-electron chi connectivity index (χ1n) is 32.9. The van der Waals surface area contributed by atoms with Crippen molar-refractivity contribution in [1.29, 1.82) is 0 Å². The van der Waals surface area contributed by atoms with Gasteiger partial charge in [-0.25, -0.2) is 0 Å². The SMILES string of the molecule is Cc1ccnc(-c2cc(C=Nc3ccc(-c4ccc(N=Cc5ccnc(-c6cc(C)ccn6)c5)cc4)cc3)ccn2)c1.F[P-](F)(F)(F)(F)F.F[P-](F)(F)(F)(F)F.F[P-](F)(F)(F)(F)F.F[P-](F)(F)(F)(F)F.[Os+2].[Ru+2].c1ccc(-c2ccccn2)nc1.c1ccc(-c2ccccn2)nc1.c1ccc(-c2ccccn2)nc1.c1ccc(-c2ccccn2)nc1. The Hall–Kier alpha value is -11.1. The van der Waals surface area contributed by atoms with Crippen molar-refractivity contribution in [3.63, 3.8) is 0 Å². The molecule has 44 heteroatoms. The van der Waals surface area contributed by atoms with Gasteiger partial charge in [0.15, 0.2) is 0 Å². The summed E-state index contributed by atoms with van der Waals surface area (Å²) in [6.45, 7) is 4.10. The molecule has 0 unspecified atom stereocenters. The Morgan fingerprint density at radius 2 is 0.375 bits per heavy atom. The normalized spacial score (nSPS) is 13.2. The largest absolute Gasteiger partial charge is 2.00 e. The smallest absolute Gasteiger partial charge is 0.255 e. The molecule has 14 rings (SSSR count). The number of rotatable bonds is 11. The molecule has 0 fully saturated rings. The molecule has 0 amide bonds. The molecule has 12 heterocycles. The quantitative estimate of drug-likeness (QED) is 0.0518. The van der Waals surface area contributed by atoms with E-state index in [9.17, 15) is 101 Å². The van der Waals surface area contributed by atoms with E-state index in [1.165, 1.54) is 0 Å². The Balaban J connectivity index is 0.000000319. The number of benzene rings is 2. The molecule has 120 heavy (non-hydrogen) atoms. The van der Waals surface area contributed by atoms with Crippen molar-refractivity contribution in [2.24, 2.45) is 9.98 Å². The van der Waals surface area contributed by atoms with Gasteiger partial charge in [0.25, 0.3) is 0 Å². The van der Waals surface area contributed by atoms with Gasteiger partial charge in [0.2, 0.25) is 0 Å². The fraction of sp³-hybridized carbons (Fsp3) is 0.0263. The number of aryl methyl sites for hydroxylation is 2. The van der Waals surface area contributed by atoms with Gasteiger partial charge in [-0.2, -0.15) is 0 Å². The summed E-state index contributed by atoms with van der Waals surface area (Å²) in [5, 5.41) is 0. The third-order valence-electron chi connectivity index (χ3n) is 13.1. The first-order valence-corrected chi connectivity index (χ1v) is 41.0. The Morgan fingerprint density at radius 1 is 0.208 bits per heavy atom. The van der Waals surface area contributed by atoms with Gasteiger partial charge >= 0.3 is 171 Å². The summed E-state index contributed by atoms with van der Waals surface area (Å²) in [5.41, 5.74) is 18.9. The first kappa shape index (κ1) is 101. The van der Waals surface area contributed by atoms with Crippen LogP contribution in [0.25, 0.3) is 79.5 Å². The molecule has 14 nitrogen and oxygen atoms in total. The van der Waals surface area contributed by atoms with Crippen LogP contribution >= 0.6 is 31.2 Å². The van der Waals surface area contributed by atoms with E-state index in [0.29, 0.717) is 0 Å². The van der Waals surface area contributed by atoms with Crippen LogP contribution in [0.3, 0.4) is 0 Å². The van der Waals surface area contributed by atoms with E-state index in [1.54, 1.807) is 74.4 Å². The average Bonchev–Trinajstić information content (AvgIpc) is 0.799. The number of hydrogen-bond donors (Lipinski definition) is 0. The van der Waals surface area contributed by atoms with Crippen LogP contribution < -0.4 is 0 Å². The number of halogens is 24. The predicted octanol–water partition coefficient (Wildman–Crippen LogP) is 30.5. The fourth-order valence-corrected chi connectivity index (χ4v) is 8.58. The van der Waals surface area contributed by atoms with E-state index in [2.05, 4.69) is 94.1 Å². The minimum Gasteiger partial charge on any atom is -0.255 e. The van der Waals surface area contributed by atoms with Gasteiger partial charge < -0.3 is 0 Å². The summed E-state index contributed by atoms with van der Waals surface area (Å²) < 4.78 is 237. The maximum Gasteiger partial charge on any atom is 2.00 e. The second-order valence-corrected chi connectivity index (χ2v) is 31.2. The summed E-state index contributed by atoms with van der Waals surface area (Å²) in [6.07, 6.45) is 25.0. The molecule has 0 atom stereocenters. The van der Waals surface area contributed by atoms with E-state index in [1.807, 2.05) is 245 Å². The van der Waals surface area contributed by atoms with Crippen molar-refractivity contribution >= 4 is 55.0 Å². The topological polar surface area (TPSA) is 179 Å². The summed E-state index contributed by atoms with van der Waals surface area (Å²) in [4.78, 5) is 60.6. The predicted molar refractivity (Wildman–Crippen MR) is 415 cm³/mol. The molecule has 2 aromatic carbocycles. The Labute approximate surface area is 693 Å². The van der Waals surface area contributed by atoms with Gasteiger partial charge in [0.05, 0.1) is 79.7 Å².